The fraction of sp³-hybridized carbons (Fsp3) is 0.476. The molecule has 3 rings (SSSR count). The fourth-order valence-electron chi connectivity index (χ4n) is 3.68. The quantitative estimate of drug-likeness (QED) is 0.728. The maximum absolute atomic E-state index is 11.9. The van der Waals surface area contributed by atoms with Crippen LogP contribution in [-0.4, -0.2) is 34.1 Å². The summed E-state index contributed by atoms with van der Waals surface area (Å²) in [6.07, 6.45) is 3.31. The first-order valence-electron chi connectivity index (χ1n) is 9.67. The highest BCUT2D eigenvalue weighted by Crippen LogP contribution is 2.35. The van der Waals surface area contributed by atoms with Crippen LogP contribution in [0.4, 0.5) is 5.69 Å². The van der Waals surface area contributed by atoms with Gasteiger partial charge in [0.05, 0.1) is 28.4 Å². The third-order valence-electron chi connectivity index (χ3n) is 5.25. The van der Waals surface area contributed by atoms with Gasteiger partial charge in [-0.05, 0) is 44.7 Å². The summed E-state index contributed by atoms with van der Waals surface area (Å²) in [5.41, 5.74) is 7.39. The number of nitrogens with one attached hydrogen (secondary N) is 1. The van der Waals surface area contributed by atoms with Crippen LogP contribution in [0.15, 0.2) is 18.2 Å². The predicted octanol–water partition coefficient (Wildman–Crippen LogP) is 3.29. The van der Waals surface area contributed by atoms with Gasteiger partial charge in [-0.15, -0.1) is 0 Å². The minimum Gasteiger partial charge on any atom is -0.490 e. The van der Waals surface area contributed by atoms with Gasteiger partial charge in [-0.3, -0.25) is 9.78 Å². The number of nitrogen functional groups attached to an aromatic ring is 1. The minimum absolute atomic E-state index is 0.00761. The number of carbonyl (C=O) groups excluding carboxylic acids is 1. The number of carboxylic acid groups (broad SMARTS) is 1. The smallest absolute Gasteiger partial charge is 0.339 e. The van der Waals surface area contributed by atoms with Crippen molar-refractivity contribution in [2.45, 2.75) is 58.6 Å². The molecule has 4 N–H and O–H groups in total. The summed E-state index contributed by atoms with van der Waals surface area (Å²) in [6.45, 7) is 5.41. The number of hydrogen-bond acceptors (Lipinski definition) is 5. The molecule has 28 heavy (non-hydrogen) atoms. The molecule has 1 aliphatic carbocycles. The number of aryl methyl sites for hydroxylation is 1. The Morgan fingerprint density at radius 1 is 1.25 bits per heavy atom. The summed E-state index contributed by atoms with van der Waals surface area (Å²) in [6, 6.07) is 5.61. The van der Waals surface area contributed by atoms with Gasteiger partial charge in [0.2, 0.25) is 5.91 Å². The molecule has 0 bridgehead atoms. The number of ether oxygens (including phenoxy) is 1. The predicted molar refractivity (Wildman–Crippen MR) is 108 cm³/mol. The van der Waals surface area contributed by atoms with Gasteiger partial charge in [0.1, 0.15) is 11.3 Å². The van der Waals surface area contributed by atoms with E-state index in [4.69, 9.17) is 10.5 Å². The fourth-order valence-corrected chi connectivity index (χ4v) is 3.68. The van der Waals surface area contributed by atoms with Crippen LogP contribution < -0.4 is 15.8 Å². The highest BCUT2D eigenvalue weighted by atomic mass is 16.5. The number of carbonyl (C=O) groups is 2. The summed E-state index contributed by atoms with van der Waals surface area (Å²) in [5.74, 6) is -0.485. The zero-order valence-electron chi connectivity index (χ0n) is 16.5. The van der Waals surface area contributed by atoms with Crippen LogP contribution in [0.25, 0.3) is 10.9 Å². The number of amides is 1. The molecule has 7 heteroatoms. The van der Waals surface area contributed by atoms with Crippen LogP contribution in [0.3, 0.4) is 0 Å². The van der Waals surface area contributed by atoms with Crippen molar-refractivity contribution in [3.63, 3.8) is 0 Å². The van der Waals surface area contributed by atoms with Crippen molar-refractivity contribution >= 4 is 28.5 Å². The van der Waals surface area contributed by atoms with Crippen molar-refractivity contribution in [1.82, 2.24) is 10.3 Å². The summed E-state index contributed by atoms with van der Waals surface area (Å²) < 4.78 is 6.20. The van der Waals surface area contributed by atoms with Gasteiger partial charge < -0.3 is 20.9 Å². The highest BCUT2D eigenvalue weighted by Gasteiger charge is 2.26. The lowest BCUT2D eigenvalue weighted by molar-refractivity contribution is -0.125. The lowest BCUT2D eigenvalue weighted by Crippen LogP contribution is -2.41. The van der Waals surface area contributed by atoms with Crippen LogP contribution in [0.1, 0.15) is 55.6 Å². The van der Waals surface area contributed by atoms with Gasteiger partial charge in [0, 0.05) is 12.0 Å². The normalized spacial score (nSPS) is 19.6. The second kappa shape index (κ2) is 8.04. The number of anilines is 1. The van der Waals surface area contributed by atoms with Crippen LogP contribution in [-0.2, 0) is 4.79 Å². The van der Waals surface area contributed by atoms with Crippen molar-refractivity contribution in [2.75, 3.05) is 5.73 Å². The summed E-state index contributed by atoms with van der Waals surface area (Å²) in [5, 5.41) is 13.1. The van der Waals surface area contributed by atoms with E-state index in [1.54, 1.807) is 19.1 Å². The number of carboxylic acids is 1. The van der Waals surface area contributed by atoms with E-state index in [0.29, 0.717) is 22.3 Å². The molecule has 1 amide bonds. The number of nitrogens with two attached hydrogens (primary N) is 1. The number of benzene rings is 1. The Balaban J connectivity index is 1.78. The van der Waals surface area contributed by atoms with E-state index in [2.05, 4.69) is 10.3 Å². The first kappa shape index (κ1) is 19.9. The molecule has 150 valence electrons. The molecule has 0 aliphatic heterocycles. The second-order valence-corrected chi connectivity index (χ2v) is 7.70. The van der Waals surface area contributed by atoms with E-state index in [0.717, 1.165) is 25.7 Å². The van der Waals surface area contributed by atoms with E-state index in [1.165, 1.54) is 0 Å². The van der Waals surface area contributed by atoms with Gasteiger partial charge in [0.25, 0.3) is 0 Å². The molecule has 1 aliphatic rings. The SMILES string of the molecule is Cc1nc2cccc(O[C@H]3CC[C@H](NC(=O)C(C)C)CC3)c2c(N)c1C(=O)O. The summed E-state index contributed by atoms with van der Waals surface area (Å²) >= 11 is 0. The van der Waals surface area contributed by atoms with Crippen LogP contribution in [0, 0.1) is 12.8 Å². The Morgan fingerprint density at radius 2 is 1.93 bits per heavy atom. The van der Waals surface area contributed by atoms with Gasteiger partial charge in [-0.25, -0.2) is 4.79 Å². The Hall–Kier alpha value is -2.83. The topological polar surface area (TPSA) is 115 Å². The molecular weight excluding hydrogens is 358 g/mol. The van der Waals surface area contributed by atoms with Gasteiger partial charge >= 0.3 is 5.97 Å². The monoisotopic (exact) mass is 385 g/mol. The van der Waals surface area contributed by atoms with Gasteiger partial charge in [0.15, 0.2) is 0 Å². The Morgan fingerprint density at radius 3 is 2.54 bits per heavy atom. The Kier molecular flexibility index (Phi) is 5.72. The van der Waals surface area contributed by atoms with E-state index < -0.39 is 5.97 Å². The molecule has 0 saturated heterocycles. The average molecular weight is 385 g/mol. The Bertz CT molecular complexity index is 902. The maximum Gasteiger partial charge on any atom is 0.339 e. The largest absolute Gasteiger partial charge is 0.490 e. The number of aromatic carboxylic acids is 1. The molecule has 0 spiro atoms. The van der Waals surface area contributed by atoms with E-state index in [1.807, 2.05) is 19.9 Å². The lowest BCUT2D eigenvalue weighted by atomic mass is 9.92. The number of nitrogens with zero attached hydrogens (tertiary/aromatic N) is 1. The molecule has 1 heterocycles. The molecule has 1 saturated carbocycles. The number of fused-ring (bicyclic) bond motifs is 1. The van der Waals surface area contributed by atoms with Crippen LogP contribution in [0.5, 0.6) is 5.75 Å². The molecule has 1 aromatic carbocycles. The average Bonchev–Trinajstić information content (AvgIpc) is 2.62. The first-order valence-corrected chi connectivity index (χ1v) is 9.67. The van der Waals surface area contributed by atoms with Crippen molar-refractivity contribution in [1.29, 1.82) is 0 Å². The highest BCUT2D eigenvalue weighted by molar-refractivity contribution is 6.06. The first-order chi connectivity index (χ1) is 13.3. The number of pyridine rings is 1. The van der Waals surface area contributed by atoms with Gasteiger partial charge in [-0.2, -0.15) is 0 Å². The number of aromatic nitrogens is 1. The third kappa shape index (κ3) is 4.03. The maximum atomic E-state index is 11.9. The van der Waals surface area contributed by atoms with E-state index in [-0.39, 0.29) is 35.2 Å². The number of hydrogen-bond donors (Lipinski definition) is 3. The van der Waals surface area contributed by atoms with Crippen molar-refractivity contribution < 1.29 is 19.4 Å². The minimum atomic E-state index is -1.10. The molecule has 0 atom stereocenters. The molecule has 1 aromatic heterocycles. The Labute approximate surface area is 164 Å². The van der Waals surface area contributed by atoms with E-state index >= 15 is 0 Å². The standard InChI is InChI=1S/C21H27N3O4/c1-11(2)20(25)24-13-7-9-14(10-8-13)28-16-6-4-5-15-18(16)19(22)17(21(26)27)12(3)23-15/h4-6,11,13-14H,7-10H2,1-3H3,(H2,22,23)(H,24,25)(H,26,27)/t13-,14-. The summed E-state index contributed by atoms with van der Waals surface area (Å²) in [7, 11) is 0. The molecular formula is C21H27N3O4. The molecule has 0 unspecified atom stereocenters. The molecule has 7 nitrogen and oxygen atoms in total. The van der Waals surface area contributed by atoms with Crippen LogP contribution in [0.2, 0.25) is 0 Å². The van der Waals surface area contributed by atoms with Crippen molar-refractivity contribution in [3.8, 4) is 5.75 Å². The second-order valence-electron chi connectivity index (χ2n) is 7.70. The van der Waals surface area contributed by atoms with E-state index in [9.17, 15) is 14.7 Å². The van der Waals surface area contributed by atoms with Crippen molar-refractivity contribution in [3.05, 3.63) is 29.5 Å². The summed E-state index contributed by atoms with van der Waals surface area (Å²) in [4.78, 5) is 27.8. The third-order valence-corrected chi connectivity index (χ3v) is 5.25. The van der Waals surface area contributed by atoms with Crippen molar-refractivity contribution in [2.24, 2.45) is 5.92 Å². The molecule has 2 aromatic rings. The van der Waals surface area contributed by atoms with Crippen LogP contribution >= 0.6 is 0 Å². The molecule has 0 radical (unpaired) electrons. The van der Waals surface area contributed by atoms with Gasteiger partial charge in [-0.1, -0.05) is 19.9 Å². The zero-order chi connectivity index (χ0) is 20.4. The number of rotatable bonds is 5. The zero-order valence-corrected chi connectivity index (χ0v) is 16.5. The molecule has 1 fully saturated rings. The lowest BCUT2D eigenvalue weighted by Gasteiger charge is -2.30.